The molecule has 13 heavy (non-hydrogen) atoms. The molecular weight excluding hydrogens is 200 g/mol. The van der Waals surface area contributed by atoms with E-state index in [0.717, 1.165) is 0 Å². The molecule has 5 heteroatoms. The molecule has 1 aromatic rings. The summed E-state index contributed by atoms with van der Waals surface area (Å²) in [5.41, 5.74) is 0.239. The van der Waals surface area contributed by atoms with Crippen molar-refractivity contribution in [3.8, 4) is 0 Å². The highest BCUT2D eigenvalue weighted by molar-refractivity contribution is 6.17. The van der Waals surface area contributed by atoms with Crippen LogP contribution in [0.4, 0.5) is 8.78 Å². The van der Waals surface area contributed by atoms with Crippen molar-refractivity contribution in [3.63, 3.8) is 0 Å². The molecule has 0 saturated carbocycles. The molecule has 0 amide bonds. The van der Waals surface area contributed by atoms with Crippen LogP contribution in [0.25, 0.3) is 0 Å². The lowest BCUT2D eigenvalue weighted by atomic mass is 10.1. The molecule has 0 atom stereocenters. The lowest BCUT2D eigenvalue weighted by Crippen LogP contribution is -2.01. The number of halogens is 3. The molecule has 0 aliphatic heterocycles. The standard InChI is InChI=1S/C8H8ClF2NO/c9-3-7-6(4-13)5(8(10)11)1-2-12-7/h1-2,8,13H,3-4H2. The summed E-state index contributed by atoms with van der Waals surface area (Å²) < 4.78 is 24.7. The second-order valence-electron chi connectivity index (χ2n) is 2.42. The predicted molar refractivity (Wildman–Crippen MR) is 44.7 cm³/mol. The maximum Gasteiger partial charge on any atom is 0.264 e. The van der Waals surface area contributed by atoms with Crippen LogP contribution in [-0.2, 0) is 12.5 Å². The van der Waals surface area contributed by atoms with Crippen LogP contribution in [0.3, 0.4) is 0 Å². The van der Waals surface area contributed by atoms with E-state index in [1.54, 1.807) is 0 Å². The second kappa shape index (κ2) is 4.48. The summed E-state index contributed by atoms with van der Waals surface area (Å²) in [5.74, 6) is 0.0243. The Balaban J connectivity index is 3.19. The fourth-order valence-corrected chi connectivity index (χ4v) is 1.29. The van der Waals surface area contributed by atoms with Crippen molar-refractivity contribution in [2.75, 3.05) is 0 Å². The third-order valence-electron chi connectivity index (χ3n) is 1.70. The third kappa shape index (κ3) is 2.14. The van der Waals surface area contributed by atoms with E-state index >= 15 is 0 Å². The van der Waals surface area contributed by atoms with E-state index in [-0.39, 0.29) is 17.0 Å². The van der Waals surface area contributed by atoms with Crippen molar-refractivity contribution in [1.29, 1.82) is 0 Å². The Morgan fingerprint density at radius 1 is 1.54 bits per heavy atom. The van der Waals surface area contributed by atoms with Gasteiger partial charge in [-0.3, -0.25) is 4.98 Å². The van der Waals surface area contributed by atoms with E-state index in [2.05, 4.69) is 4.98 Å². The average molecular weight is 208 g/mol. The number of rotatable bonds is 3. The Morgan fingerprint density at radius 3 is 2.69 bits per heavy atom. The van der Waals surface area contributed by atoms with E-state index in [1.165, 1.54) is 12.3 Å². The molecule has 0 fully saturated rings. The van der Waals surface area contributed by atoms with Gasteiger partial charge < -0.3 is 5.11 Å². The van der Waals surface area contributed by atoms with Crippen molar-refractivity contribution < 1.29 is 13.9 Å². The average Bonchev–Trinajstić information content (AvgIpc) is 2.16. The molecule has 1 heterocycles. The van der Waals surface area contributed by atoms with Crippen LogP contribution in [0.5, 0.6) is 0 Å². The largest absolute Gasteiger partial charge is 0.392 e. The Labute approximate surface area is 79.2 Å². The zero-order chi connectivity index (χ0) is 9.84. The Hall–Kier alpha value is -0.740. The Bertz CT molecular complexity index is 293. The molecule has 0 aliphatic carbocycles. The summed E-state index contributed by atoms with van der Waals surface area (Å²) in [6.07, 6.45) is -1.34. The number of hydrogen-bond donors (Lipinski definition) is 1. The lowest BCUT2D eigenvalue weighted by molar-refractivity contribution is 0.146. The van der Waals surface area contributed by atoms with Crippen molar-refractivity contribution in [3.05, 3.63) is 29.1 Å². The van der Waals surface area contributed by atoms with Crippen LogP contribution in [0.2, 0.25) is 0 Å². The zero-order valence-electron chi connectivity index (χ0n) is 6.67. The number of aromatic nitrogens is 1. The summed E-state index contributed by atoms with van der Waals surface area (Å²) in [6.45, 7) is -0.463. The summed E-state index contributed by atoms with van der Waals surface area (Å²) >= 11 is 5.47. The van der Waals surface area contributed by atoms with Gasteiger partial charge in [-0.2, -0.15) is 0 Å². The van der Waals surface area contributed by atoms with Crippen LogP contribution in [0.1, 0.15) is 23.2 Å². The van der Waals surface area contributed by atoms with Crippen molar-refractivity contribution in [2.24, 2.45) is 0 Å². The van der Waals surface area contributed by atoms with E-state index < -0.39 is 13.0 Å². The van der Waals surface area contributed by atoms with Crippen molar-refractivity contribution in [2.45, 2.75) is 18.9 Å². The topological polar surface area (TPSA) is 33.1 Å². The van der Waals surface area contributed by atoms with Crippen LogP contribution >= 0.6 is 11.6 Å². The highest BCUT2D eigenvalue weighted by Crippen LogP contribution is 2.24. The van der Waals surface area contributed by atoms with Crippen molar-refractivity contribution in [1.82, 2.24) is 4.98 Å². The van der Waals surface area contributed by atoms with Gasteiger partial charge in [0, 0.05) is 17.3 Å². The maximum absolute atomic E-state index is 12.3. The molecule has 0 aliphatic rings. The number of hydrogen-bond acceptors (Lipinski definition) is 2. The third-order valence-corrected chi connectivity index (χ3v) is 1.95. The summed E-state index contributed by atoms with van der Waals surface area (Å²) in [7, 11) is 0. The molecule has 0 spiro atoms. The first kappa shape index (κ1) is 10.3. The SMILES string of the molecule is OCc1c(C(F)F)ccnc1CCl. The fourth-order valence-electron chi connectivity index (χ4n) is 1.05. The minimum Gasteiger partial charge on any atom is -0.392 e. The predicted octanol–water partition coefficient (Wildman–Crippen LogP) is 2.25. The molecule has 0 bridgehead atoms. The highest BCUT2D eigenvalue weighted by Gasteiger charge is 2.15. The quantitative estimate of drug-likeness (QED) is 0.772. The minimum absolute atomic E-state index is 0.0243. The molecule has 2 nitrogen and oxygen atoms in total. The van der Waals surface area contributed by atoms with E-state index in [0.29, 0.717) is 5.69 Å². The normalized spacial score (nSPS) is 10.8. The van der Waals surface area contributed by atoms with Gasteiger partial charge in [0.25, 0.3) is 6.43 Å². The van der Waals surface area contributed by atoms with Crippen LogP contribution in [0.15, 0.2) is 12.3 Å². The smallest absolute Gasteiger partial charge is 0.264 e. The van der Waals surface area contributed by atoms with Gasteiger partial charge in [-0.1, -0.05) is 0 Å². The minimum atomic E-state index is -2.60. The number of pyridine rings is 1. The molecule has 0 saturated heterocycles. The molecule has 1 rings (SSSR count). The first-order valence-corrected chi connectivity index (χ1v) is 4.15. The van der Waals surface area contributed by atoms with Gasteiger partial charge in [0.2, 0.25) is 0 Å². The maximum atomic E-state index is 12.3. The Kier molecular flexibility index (Phi) is 3.57. The first-order chi connectivity index (χ1) is 6.20. The van der Waals surface area contributed by atoms with Gasteiger partial charge in [0.05, 0.1) is 18.2 Å². The van der Waals surface area contributed by atoms with Gasteiger partial charge in [-0.15, -0.1) is 11.6 Å². The van der Waals surface area contributed by atoms with E-state index in [1.807, 2.05) is 0 Å². The summed E-state index contributed by atoms with van der Waals surface area (Å²) in [5, 5.41) is 8.85. The molecular formula is C8H8ClF2NO. The number of nitrogens with zero attached hydrogens (tertiary/aromatic N) is 1. The van der Waals surface area contributed by atoms with Gasteiger partial charge in [-0.25, -0.2) is 8.78 Å². The lowest BCUT2D eigenvalue weighted by Gasteiger charge is -2.08. The molecule has 0 unspecified atom stereocenters. The molecule has 0 aromatic carbocycles. The van der Waals surface area contributed by atoms with Crippen LogP contribution in [-0.4, -0.2) is 10.1 Å². The first-order valence-electron chi connectivity index (χ1n) is 3.62. The molecule has 1 N–H and O–H groups in total. The van der Waals surface area contributed by atoms with Crippen molar-refractivity contribution >= 4 is 11.6 Å². The molecule has 0 radical (unpaired) electrons. The van der Waals surface area contributed by atoms with E-state index in [9.17, 15) is 8.78 Å². The number of aliphatic hydroxyl groups is 1. The zero-order valence-corrected chi connectivity index (χ0v) is 7.43. The number of aliphatic hydroxyl groups excluding tert-OH is 1. The monoisotopic (exact) mass is 207 g/mol. The van der Waals surface area contributed by atoms with E-state index in [4.69, 9.17) is 16.7 Å². The van der Waals surface area contributed by atoms with Gasteiger partial charge in [-0.05, 0) is 6.07 Å². The Morgan fingerprint density at radius 2 is 2.23 bits per heavy atom. The highest BCUT2D eigenvalue weighted by atomic mass is 35.5. The fraction of sp³-hybridized carbons (Fsp3) is 0.375. The molecule has 1 aromatic heterocycles. The van der Waals surface area contributed by atoms with Crippen LogP contribution < -0.4 is 0 Å². The van der Waals surface area contributed by atoms with Gasteiger partial charge >= 0.3 is 0 Å². The van der Waals surface area contributed by atoms with Crippen LogP contribution in [0, 0.1) is 0 Å². The summed E-state index contributed by atoms with van der Waals surface area (Å²) in [4.78, 5) is 3.79. The summed E-state index contributed by atoms with van der Waals surface area (Å²) in [6, 6.07) is 1.19. The second-order valence-corrected chi connectivity index (χ2v) is 2.69. The van der Waals surface area contributed by atoms with Gasteiger partial charge in [0.1, 0.15) is 0 Å². The number of alkyl halides is 3. The van der Waals surface area contributed by atoms with Gasteiger partial charge in [0.15, 0.2) is 0 Å². The molecule has 72 valence electrons.